The number of thiocarbonyl (C=S) groups is 1. The molecule has 0 saturated heterocycles. The van der Waals surface area contributed by atoms with Gasteiger partial charge in [0.2, 0.25) is 0 Å². The molecule has 3 nitrogen and oxygen atoms in total. The van der Waals surface area contributed by atoms with Gasteiger partial charge < -0.3 is 15.2 Å². The van der Waals surface area contributed by atoms with Crippen molar-refractivity contribution in [3.05, 3.63) is 29.3 Å². The molecule has 0 spiro atoms. The minimum Gasteiger partial charge on any atom is -0.491 e. The summed E-state index contributed by atoms with van der Waals surface area (Å²) >= 11 is 4.68. The molecular formula is C14H18F3NO2S. The Morgan fingerprint density at radius 2 is 1.95 bits per heavy atom. The van der Waals surface area contributed by atoms with Crippen molar-refractivity contribution in [3.8, 4) is 5.75 Å². The van der Waals surface area contributed by atoms with Gasteiger partial charge in [0.05, 0.1) is 12.2 Å². The molecule has 0 atom stereocenters. The van der Waals surface area contributed by atoms with Crippen LogP contribution in [0.15, 0.2) is 18.2 Å². The molecule has 0 aliphatic rings. The molecule has 1 aromatic carbocycles. The molecule has 0 aliphatic heterocycles. The number of hydrogen-bond donors (Lipinski definition) is 1. The third-order valence-corrected chi connectivity index (χ3v) is 2.74. The lowest BCUT2D eigenvalue weighted by atomic mass is 10.1. The van der Waals surface area contributed by atoms with Crippen LogP contribution < -0.4 is 10.5 Å². The van der Waals surface area contributed by atoms with Crippen molar-refractivity contribution < 1.29 is 22.6 Å². The molecule has 1 aromatic rings. The van der Waals surface area contributed by atoms with Crippen molar-refractivity contribution in [2.24, 2.45) is 11.7 Å². The maximum atomic E-state index is 13.0. The number of hydrogen-bond acceptors (Lipinski definition) is 3. The molecule has 2 N–H and O–H groups in total. The van der Waals surface area contributed by atoms with Crippen LogP contribution in [0.25, 0.3) is 0 Å². The van der Waals surface area contributed by atoms with Crippen LogP contribution in [-0.4, -0.2) is 24.8 Å². The van der Waals surface area contributed by atoms with E-state index in [1.807, 2.05) is 13.8 Å². The standard InChI is InChI=1S/C14H18F3NO2S/c1-9(2)8-19-5-6-20-12-4-3-10(13(18)21)7-11(12)14(15,16)17/h3-4,7,9H,5-6,8H2,1-2H3,(H2,18,21). The molecule has 0 unspecified atom stereocenters. The number of alkyl halides is 3. The van der Waals surface area contributed by atoms with Gasteiger partial charge in [-0.25, -0.2) is 0 Å². The molecule has 7 heteroatoms. The molecule has 0 bridgehead atoms. The first-order chi connectivity index (χ1) is 9.71. The van der Waals surface area contributed by atoms with Crippen LogP contribution in [-0.2, 0) is 10.9 Å². The van der Waals surface area contributed by atoms with Gasteiger partial charge in [0.1, 0.15) is 17.3 Å². The third-order valence-electron chi connectivity index (χ3n) is 2.51. The quantitative estimate of drug-likeness (QED) is 0.617. The first-order valence-electron chi connectivity index (χ1n) is 6.43. The zero-order valence-corrected chi connectivity index (χ0v) is 12.7. The molecule has 21 heavy (non-hydrogen) atoms. The van der Waals surface area contributed by atoms with Crippen LogP contribution in [0, 0.1) is 5.92 Å². The summed E-state index contributed by atoms with van der Waals surface area (Å²) in [5.41, 5.74) is 4.61. The Hall–Kier alpha value is -1.34. The summed E-state index contributed by atoms with van der Waals surface area (Å²) in [5.74, 6) is 0.108. The zero-order chi connectivity index (χ0) is 16.0. The highest BCUT2D eigenvalue weighted by Crippen LogP contribution is 2.36. The summed E-state index contributed by atoms with van der Waals surface area (Å²) in [6.07, 6.45) is -4.53. The highest BCUT2D eigenvalue weighted by Gasteiger charge is 2.34. The molecule has 0 aromatic heterocycles. The maximum absolute atomic E-state index is 13.0. The van der Waals surface area contributed by atoms with Gasteiger partial charge >= 0.3 is 6.18 Å². The lowest BCUT2D eigenvalue weighted by Crippen LogP contribution is -2.16. The smallest absolute Gasteiger partial charge is 0.419 e. The summed E-state index contributed by atoms with van der Waals surface area (Å²) < 4.78 is 49.3. The minimum atomic E-state index is -4.53. The van der Waals surface area contributed by atoms with Crippen molar-refractivity contribution in [2.75, 3.05) is 19.8 Å². The highest BCUT2D eigenvalue weighted by molar-refractivity contribution is 7.80. The van der Waals surface area contributed by atoms with Crippen molar-refractivity contribution in [1.82, 2.24) is 0 Å². The Kier molecular flexibility index (Phi) is 6.42. The molecule has 0 amide bonds. The fourth-order valence-electron chi connectivity index (χ4n) is 1.56. The fraction of sp³-hybridized carbons (Fsp3) is 0.500. The number of ether oxygens (including phenoxy) is 2. The van der Waals surface area contributed by atoms with Gasteiger partial charge in [-0.15, -0.1) is 0 Å². The van der Waals surface area contributed by atoms with E-state index in [-0.39, 0.29) is 29.5 Å². The van der Waals surface area contributed by atoms with Crippen LogP contribution in [0.1, 0.15) is 25.0 Å². The van der Waals surface area contributed by atoms with Crippen molar-refractivity contribution in [2.45, 2.75) is 20.0 Å². The van der Waals surface area contributed by atoms with Crippen LogP contribution in [0.5, 0.6) is 5.75 Å². The van der Waals surface area contributed by atoms with E-state index in [2.05, 4.69) is 12.2 Å². The van der Waals surface area contributed by atoms with E-state index in [0.717, 1.165) is 6.07 Å². The van der Waals surface area contributed by atoms with Gasteiger partial charge in [-0.05, 0) is 24.1 Å². The Morgan fingerprint density at radius 1 is 1.29 bits per heavy atom. The predicted octanol–water partition coefficient (Wildman–Crippen LogP) is 3.39. The number of benzene rings is 1. The summed E-state index contributed by atoms with van der Waals surface area (Å²) in [6.45, 7) is 4.78. The van der Waals surface area contributed by atoms with Gasteiger partial charge in [-0.1, -0.05) is 26.1 Å². The number of nitrogens with two attached hydrogens (primary N) is 1. The molecular weight excluding hydrogens is 303 g/mol. The Labute approximate surface area is 127 Å². The van der Waals surface area contributed by atoms with Crippen LogP contribution in [0.2, 0.25) is 0 Å². The van der Waals surface area contributed by atoms with Crippen LogP contribution in [0.3, 0.4) is 0 Å². The summed E-state index contributed by atoms with van der Waals surface area (Å²) in [5, 5.41) is 0. The fourth-order valence-corrected chi connectivity index (χ4v) is 1.69. The second-order valence-corrected chi connectivity index (χ2v) is 5.33. The molecule has 0 radical (unpaired) electrons. The molecule has 118 valence electrons. The monoisotopic (exact) mass is 321 g/mol. The maximum Gasteiger partial charge on any atom is 0.419 e. The van der Waals surface area contributed by atoms with Gasteiger partial charge in [-0.2, -0.15) is 13.2 Å². The lowest BCUT2D eigenvalue weighted by Gasteiger charge is -2.15. The molecule has 0 saturated carbocycles. The van der Waals surface area contributed by atoms with Crippen molar-refractivity contribution >= 4 is 17.2 Å². The van der Waals surface area contributed by atoms with E-state index < -0.39 is 11.7 Å². The average molecular weight is 321 g/mol. The highest BCUT2D eigenvalue weighted by atomic mass is 32.1. The average Bonchev–Trinajstić information content (AvgIpc) is 2.36. The minimum absolute atomic E-state index is 0.0439. The molecule has 0 fully saturated rings. The van der Waals surface area contributed by atoms with Gasteiger partial charge in [0.25, 0.3) is 0 Å². The topological polar surface area (TPSA) is 44.5 Å². The molecule has 0 aliphatic carbocycles. The van der Waals surface area contributed by atoms with Crippen molar-refractivity contribution in [1.29, 1.82) is 0 Å². The second kappa shape index (κ2) is 7.61. The van der Waals surface area contributed by atoms with Crippen LogP contribution in [0.4, 0.5) is 13.2 Å². The predicted molar refractivity (Wildman–Crippen MR) is 78.5 cm³/mol. The summed E-state index contributed by atoms with van der Waals surface area (Å²) in [7, 11) is 0. The molecule has 0 heterocycles. The number of rotatable bonds is 7. The van der Waals surface area contributed by atoms with Crippen molar-refractivity contribution in [3.63, 3.8) is 0 Å². The normalized spacial score (nSPS) is 11.7. The van der Waals surface area contributed by atoms with E-state index in [1.165, 1.54) is 12.1 Å². The molecule has 1 rings (SSSR count). The lowest BCUT2D eigenvalue weighted by molar-refractivity contribution is -0.139. The van der Waals surface area contributed by atoms with Crippen LogP contribution >= 0.6 is 12.2 Å². The summed E-state index contributed by atoms with van der Waals surface area (Å²) in [4.78, 5) is -0.0904. The van der Waals surface area contributed by atoms with Gasteiger partial charge in [0.15, 0.2) is 0 Å². The Balaban J connectivity index is 2.75. The van der Waals surface area contributed by atoms with Gasteiger partial charge in [0, 0.05) is 12.2 Å². The first-order valence-corrected chi connectivity index (χ1v) is 6.84. The van der Waals surface area contributed by atoms with Gasteiger partial charge in [-0.3, -0.25) is 0 Å². The van der Waals surface area contributed by atoms with E-state index in [0.29, 0.717) is 12.5 Å². The zero-order valence-electron chi connectivity index (χ0n) is 11.9. The first kappa shape index (κ1) is 17.7. The Morgan fingerprint density at radius 3 is 2.48 bits per heavy atom. The SMILES string of the molecule is CC(C)COCCOc1ccc(C(N)=S)cc1C(F)(F)F. The van der Waals surface area contributed by atoms with E-state index in [1.54, 1.807) is 0 Å². The second-order valence-electron chi connectivity index (χ2n) is 4.89. The Bertz CT molecular complexity index is 490. The van der Waals surface area contributed by atoms with E-state index in [4.69, 9.17) is 15.2 Å². The summed E-state index contributed by atoms with van der Waals surface area (Å²) in [6, 6.07) is 3.52. The van der Waals surface area contributed by atoms with E-state index in [9.17, 15) is 13.2 Å². The number of halogens is 3. The largest absolute Gasteiger partial charge is 0.491 e. The van der Waals surface area contributed by atoms with E-state index >= 15 is 0 Å². The third kappa shape index (κ3) is 5.89.